The fraction of sp³-hybridized carbons (Fsp3) is 1.00. The van der Waals surface area contributed by atoms with Gasteiger partial charge in [0.05, 0.1) is 0 Å². The number of methoxy groups -OCH3 is 6. The smallest absolute Gasteiger partial charge is 0.342 e. The molecular weight excluding hydrogens is 264 g/mol. The molecular formula is C14H30O6. The van der Waals surface area contributed by atoms with Crippen LogP contribution >= 0.6 is 0 Å². The van der Waals surface area contributed by atoms with Crippen molar-refractivity contribution in [3.8, 4) is 0 Å². The van der Waals surface area contributed by atoms with Crippen LogP contribution in [0.4, 0.5) is 0 Å². The lowest BCUT2D eigenvalue weighted by atomic mass is 10.00. The summed E-state index contributed by atoms with van der Waals surface area (Å²) in [6.45, 7) is 2.14. The van der Waals surface area contributed by atoms with Crippen molar-refractivity contribution in [1.29, 1.82) is 0 Å². The molecule has 0 aliphatic rings. The van der Waals surface area contributed by atoms with Crippen LogP contribution in [0.5, 0.6) is 0 Å². The van der Waals surface area contributed by atoms with E-state index in [-0.39, 0.29) is 0 Å². The van der Waals surface area contributed by atoms with E-state index in [1.54, 1.807) is 7.11 Å². The van der Waals surface area contributed by atoms with Crippen LogP contribution in [0.15, 0.2) is 0 Å². The highest BCUT2D eigenvalue weighted by atomic mass is 16.9. The van der Waals surface area contributed by atoms with E-state index in [1.807, 2.05) is 0 Å². The molecule has 1 atom stereocenters. The molecule has 0 aromatic rings. The molecule has 6 nitrogen and oxygen atoms in total. The molecule has 0 aromatic heterocycles. The van der Waals surface area contributed by atoms with Gasteiger partial charge in [0.15, 0.2) is 0 Å². The lowest BCUT2D eigenvalue weighted by Gasteiger charge is -2.47. The molecule has 0 saturated heterocycles. The molecule has 0 heterocycles. The molecule has 0 aromatic carbocycles. The van der Waals surface area contributed by atoms with E-state index >= 15 is 0 Å². The van der Waals surface area contributed by atoms with E-state index in [0.29, 0.717) is 0 Å². The zero-order chi connectivity index (χ0) is 15.6. The van der Waals surface area contributed by atoms with Gasteiger partial charge in [0.1, 0.15) is 6.10 Å². The maximum absolute atomic E-state index is 5.59. The molecule has 0 fully saturated rings. The predicted molar refractivity (Wildman–Crippen MR) is 75.4 cm³/mol. The summed E-state index contributed by atoms with van der Waals surface area (Å²) in [6, 6.07) is 0. The van der Waals surface area contributed by atoms with E-state index in [1.165, 1.54) is 35.5 Å². The van der Waals surface area contributed by atoms with Gasteiger partial charge in [-0.15, -0.1) is 0 Å². The van der Waals surface area contributed by atoms with Gasteiger partial charge in [-0.2, -0.15) is 0 Å². The summed E-state index contributed by atoms with van der Waals surface area (Å²) in [4.78, 5) is 0. The van der Waals surface area contributed by atoms with Crippen molar-refractivity contribution in [3.63, 3.8) is 0 Å². The molecule has 0 radical (unpaired) electrons. The molecule has 0 aliphatic heterocycles. The lowest BCUT2D eigenvalue weighted by Crippen LogP contribution is -2.66. The lowest BCUT2D eigenvalue weighted by molar-refractivity contribution is -0.491. The van der Waals surface area contributed by atoms with Crippen molar-refractivity contribution in [1.82, 2.24) is 0 Å². The molecule has 0 rings (SSSR count). The quantitative estimate of drug-likeness (QED) is 0.406. The maximum atomic E-state index is 5.59. The Kier molecular flexibility index (Phi) is 9.54. The standard InChI is InChI=1S/C14H30O6/c1-8-9-10-11-12(15-2)13(16-3,17-4)14(18-5,19-6)20-7/h12H,8-11H2,1-7H3. The van der Waals surface area contributed by atoms with E-state index in [0.717, 1.165) is 25.7 Å². The summed E-state index contributed by atoms with van der Waals surface area (Å²) in [5.74, 6) is -2.84. The van der Waals surface area contributed by atoms with Gasteiger partial charge in [-0.1, -0.05) is 26.2 Å². The summed E-state index contributed by atoms with van der Waals surface area (Å²) in [5.41, 5.74) is 0. The third kappa shape index (κ3) is 3.69. The molecule has 0 aliphatic carbocycles. The monoisotopic (exact) mass is 294 g/mol. The third-order valence-corrected chi connectivity index (χ3v) is 3.62. The largest absolute Gasteiger partial charge is 0.375 e. The van der Waals surface area contributed by atoms with Gasteiger partial charge in [0, 0.05) is 42.7 Å². The number of unbranched alkanes of at least 4 members (excludes halogenated alkanes) is 2. The molecule has 1 unspecified atom stereocenters. The predicted octanol–water partition coefficient (Wildman–Crippen LogP) is 2.16. The van der Waals surface area contributed by atoms with Crippen molar-refractivity contribution >= 4 is 0 Å². The van der Waals surface area contributed by atoms with E-state index < -0.39 is 17.9 Å². The molecule has 0 saturated carbocycles. The van der Waals surface area contributed by atoms with Crippen molar-refractivity contribution in [2.75, 3.05) is 42.7 Å². The Morgan fingerprint density at radius 1 is 0.750 bits per heavy atom. The van der Waals surface area contributed by atoms with Gasteiger partial charge >= 0.3 is 5.97 Å². The minimum atomic E-state index is -1.51. The first-order valence-corrected chi connectivity index (χ1v) is 6.86. The summed E-state index contributed by atoms with van der Waals surface area (Å²) >= 11 is 0. The number of hydrogen-bond donors (Lipinski definition) is 0. The first-order valence-electron chi connectivity index (χ1n) is 6.86. The first-order chi connectivity index (χ1) is 9.57. The second-order valence-electron chi connectivity index (χ2n) is 4.46. The molecule has 0 spiro atoms. The number of ether oxygens (including phenoxy) is 6. The van der Waals surface area contributed by atoms with Crippen LogP contribution in [-0.4, -0.2) is 60.5 Å². The zero-order valence-electron chi connectivity index (χ0n) is 13.9. The highest BCUT2D eigenvalue weighted by Crippen LogP contribution is 2.38. The molecule has 20 heavy (non-hydrogen) atoms. The summed E-state index contributed by atoms with van der Waals surface area (Å²) in [6.07, 6.45) is 3.54. The maximum Gasteiger partial charge on any atom is 0.342 e. The van der Waals surface area contributed by atoms with Crippen LogP contribution in [0.1, 0.15) is 32.6 Å². The van der Waals surface area contributed by atoms with E-state index in [2.05, 4.69) is 6.92 Å². The first kappa shape index (κ1) is 19.8. The summed E-state index contributed by atoms with van der Waals surface area (Å²) < 4.78 is 32.9. The van der Waals surface area contributed by atoms with Gasteiger partial charge in [-0.05, 0) is 6.42 Å². The summed E-state index contributed by atoms with van der Waals surface area (Å²) in [7, 11) is 9.05. The second-order valence-corrected chi connectivity index (χ2v) is 4.46. The van der Waals surface area contributed by atoms with Crippen molar-refractivity contribution in [2.45, 2.75) is 50.5 Å². The van der Waals surface area contributed by atoms with Gasteiger partial charge in [0.2, 0.25) is 0 Å². The van der Waals surface area contributed by atoms with Crippen LogP contribution in [0.3, 0.4) is 0 Å². The Morgan fingerprint density at radius 2 is 1.25 bits per heavy atom. The molecule has 0 bridgehead atoms. The second kappa shape index (κ2) is 9.65. The zero-order valence-corrected chi connectivity index (χ0v) is 13.9. The Bertz CT molecular complexity index is 230. The van der Waals surface area contributed by atoms with Gasteiger partial charge in [-0.25, -0.2) is 0 Å². The average Bonchev–Trinajstić information content (AvgIpc) is 2.50. The van der Waals surface area contributed by atoms with Crippen molar-refractivity contribution in [2.24, 2.45) is 0 Å². The molecule has 0 N–H and O–H groups in total. The minimum Gasteiger partial charge on any atom is -0.375 e. The van der Waals surface area contributed by atoms with Gasteiger partial charge in [-0.3, -0.25) is 0 Å². The van der Waals surface area contributed by atoms with E-state index in [4.69, 9.17) is 28.4 Å². The Morgan fingerprint density at radius 3 is 1.55 bits per heavy atom. The van der Waals surface area contributed by atoms with Crippen LogP contribution in [-0.2, 0) is 28.4 Å². The van der Waals surface area contributed by atoms with E-state index in [9.17, 15) is 0 Å². The summed E-state index contributed by atoms with van der Waals surface area (Å²) in [5, 5.41) is 0. The topological polar surface area (TPSA) is 55.4 Å². The Balaban J connectivity index is 5.40. The average molecular weight is 294 g/mol. The Labute approximate surface area is 122 Å². The fourth-order valence-electron chi connectivity index (χ4n) is 2.51. The van der Waals surface area contributed by atoms with Crippen molar-refractivity contribution in [3.05, 3.63) is 0 Å². The van der Waals surface area contributed by atoms with Gasteiger partial charge in [0.25, 0.3) is 5.79 Å². The minimum absolute atomic E-state index is 0.399. The van der Waals surface area contributed by atoms with Crippen molar-refractivity contribution < 1.29 is 28.4 Å². The Hall–Kier alpha value is -0.240. The highest BCUT2D eigenvalue weighted by molar-refractivity contribution is 4.90. The third-order valence-electron chi connectivity index (χ3n) is 3.62. The molecule has 122 valence electrons. The van der Waals surface area contributed by atoms with Crippen LogP contribution in [0, 0.1) is 0 Å². The SMILES string of the molecule is CCCCCC(OC)C(OC)(OC)C(OC)(OC)OC. The molecule has 0 amide bonds. The van der Waals surface area contributed by atoms with Gasteiger partial charge < -0.3 is 28.4 Å². The van der Waals surface area contributed by atoms with Crippen LogP contribution in [0.25, 0.3) is 0 Å². The highest BCUT2D eigenvalue weighted by Gasteiger charge is 2.61. The number of hydrogen-bond acceptors (Lipinski definition) is 6. The fourth-order valence-corrected chi connectivity index (χ4v) is 2.51. The number of rotatable bonds is 12. The van der Waals surface area contributed by atoms with Crippen LogP contribution < -0.4 is 0 Å². The molecule has 6 heteroatoms. The normalized spacial score (nSPS) is 14.6. The van der Waals surface area contributed by atoms with Crippen LogP contribution in [0.2, 0.25) is 0 Å².